The number of aromatic nitrogens is 1. The van der Waals surface area contributed by atoms with Gasteiger partial charge in [-0.1, -0.05) is 12.8 Å². The minimum atomic E-state index is 0.197. The summed E-state index contributed by atoms with van der Waals surface area (Å²) >= 11 is 1.56. The summed E-state index contributed by atoms with van der Waals surface area (Å²) < 4.78 is 5.03. The highest BCUT2D eigenvalue weighted by Crippen LogP contribution is 2.36. The number of likely N-dealkylation sites (tertiary alicyclic amines) is 1. The van der Waals surface area contributed by atoms with Crippen LogP contribution >= 0.6 is 11.3 Å². The van der Waals surface area contributed by atoms with Crippen molar-refractivity contribution < 1.29 is 9.21 Å². The largest absolute Gasteiger partial charge is 0.451 e. The van der Waals surface area contributed by atoms with Crippen LogP contribution in [0.2, 0.25) is 0 Å². The van der Waals surface area contributed by atoms with Crippen molar-refractivity contribution in [3.8, 4) is 10.6 Å². The van der Waals surface area contributed by atoms with Gasteiger partial charge in [-0.25, -0.2) is 4.98 Å². The Bertz CT molecular complexity index is 647. The van der Waals surface area contributed by atoms with Crippen LogP contribution in [-0.4, -0.2) is 28.4 Å². The van der Waals surface area contributed by atoms with Gasteiger partial charge in [0, 0.05) is 18.0 Å². The average Bonchev–Trinajstić information content (AvgIpc) is 3.24. The normalized spacial score (nSPS) is 25.0. The molecular formula is C17H20N2O2S. The van der Waals surface area contributed by atoms with E-state index in [1.807, 2.05) is 11.4 Å². The molecule has 3 heterocycles. The molecule has 4 rings (SSSR count). The molecule has 0 spiro atoms. The molecule has 0 bridgehead atoms. The van der Waals surface area contributed by atoms with E-state index in [0.717, 1.165) is 35.0 Å². The van der Waals surface area contributed by atoms with Crippen LogP contribution in [-0.2, 0) is 0 Å². The van der Waals surface area contributed by atoms with E-state index in [-0.39, 0.29) is 5.91 Å². The second-order valence-electron chi connectivity index (χ2n) is 6.33. The van der Waals surface area contributed by atoms with E-state index in [4.69, 9.17) is 4.42 Å². The Balaban J connectivity index is 1.56. The Labute approximate surface area is 134 Å². The van der Waals surface area contributed by atoms with E-state index in [1.165, 1.54) is 38.5 Å². The minimum Gasteiger partial charge on any atom is -0.451 e. The molecule has 1 amide bonds. The molecule has 2 aliphatic rings. The van der Waals surface area contributed by atoms with Crippen LogP contribution < -0.4 is 0 Å². The van der Waals surface area contributed by atoms with E-state index >= 15 is 0 Å². The summed E-state index contributed by atoms with van der Waals surface area (Å²) in [6.45, 7) is 0.912. The van der Waals surface area contributed by atoms with Gasteiger partial charge in [0.15, 0.2) is 6.39 Å². The molecule has 2 aromatic heterocycles. The molecule has 116 valence electrons. The molecule has 0 aromatic carbocycles. The first-order chi connectivity index (χ1) is 10.8. The number of rotatable bonds is 2. The van der Waals surface area contributed by atoms with Crippen molar-refractivity contribution in [3.63, 3.8) is 0 Å². The van der Waals surface area contributed by atoms with Crippen LogP contribution in [0, 0.1) is 5.92 Å². The SMILES string of the molecule is O=C(c1csc(-c2cocn2)c1)N1CCCC2CCCCC21. The van der Waals surface area contributed by atoms with Gasteiger partial charge in [-0.3, -0.25) is 4.79 Å². The lowest BCUT2D eigenvalue weighted by Crippen LogP contribution is -2.49. The molecule has 1 aliphatic carbocycles. The van der Waals surface area contributed by atoms with Crippen molar-refractivity contribution in [3.05, 3.63) is 29.7 Å². The van der Waals surface area contributed by atoms with Crippen LogP contribution in [0.25, 0.3) is 10.6 Å². The predicted octanol–water partition coefficient (Wildman–Crippen LogP) is 4.20. The quantitative estimate of drug-likeness (QED) is 0.834. The number of piperidine rings is 1. The first-order valence-electron chi connectivity index (χ1n) is 8.11. The second-order valence-corrected chi connectivity index (χ2v) is 7.24. The Morgan fingerprint density at radius 3 is 3.00 bits per heavy atom. The first-order valence-corrected chi connectivity index (χ1v) is 8.99. The Morgan fingerprint density at radius 2 is 2.14 bits per heavy atom. The van der Waals surface area contributed by atoms with Gasteiger partial charge in [0.1, 0.15) is 12.0 Å². The van der Waals surface area contributed by atoms with Crippen LogP contribution in [0.4, 0.5) is 0 Å². The number of carbonyl (C=O) groups excluding carboxylic acids is 1. The third kappa shape index (κ3) is 2.47. The van der Waals surface area contributed by atoms with Crippen LogP contribution in [0.1, 0.15) is 48.9 Å². The predicted molar refractivity (Wildman–Crippen MR) is 85.8 cm³/mol. The van der Waals surface area contributed by atoms with E-state index in [2.05, 4.69) is 9.88 Å². The minimum absolute atomic E-state index is 0.197. The fourth-order valence-corrected chi connectivity index (χ4v) is 4.80. The maximum absolute atomic E-state index is 12.9. The van der Waals surface area contributed by atoms with E-state index in [0.29, 0.717) is 6.04 Å². The summed E-state index contributed by atoms with van der Waals surface area (Å²) in [5, 5.41) is 1.96. The molecule has 2 atom stereocenters. The van der Waals surface area contributed by atoms with Gasteiger partial charge in [0.2, 0.25) is 0 Å². The number of fused-ring (bicyclic) bond motifs is 1. The van der Waals surface area contributed by atoms with Gasteiger partial charge in [0.25, 0.3) is 5.91 Å². The number of hydrogen-bond donors (Lipinski definition) is 0. The number of carbonyl (C=O) groups is 1. The third-order valence-electron chi connectivity index (χ3n) is 5.04. The molecule has 2 unspecified atom stereocenters. The van der Waals surface area contributed by atoms with Crippen molar-refractivity contribution >= 4 is 17.2 Å². The molecule has 0 N–H and O–H groups in total. The van der Waals surface area contributed by atoms with E-state index < -0.39 is 0 Å². The molecule has 22 heavy (non-hydrogen) atoms. The number of hydrogen-bond acceptors (Lipinski definition) is 4. The average molecular weight is 316 g/mol. The number of thiophene rings is 1. The van der Waals surface area contributed by atoms with Crippen LogP contribution in [0.15, 0.2) is 28.5 Å². The van der Waals surface area contributed by atoms with Gasteiger partial charge in [0.05, 0.1) is 10.4 Å². The second kappa shape index (κ2) is 5.88. The maximum Gasteiger partial charge on any atom is 0.254 e. The Morgan fingerprint density at radius 1 is 1.27 bits per heavy atom. The fourth-order valence-electron chi connectivity index (χ4n) is 3.96. The van der Waals surface area contributed by atoms with E-state index in [9.17, 15) is 4.79 Å². The number of oxazole rings is 1. The zero-order valence-corrected chi connectivity index (χ0v) is 13.3. The Hall–Kier alpha value is -1.62. The number of nitrogens with zero attached hydrogens (tertiary/aromatic N) is 2. The van der Waals surface area contributed by atoms with Gasteiger partial charge in [-0.2, -0.15) is 0 Å². The van der Waals surface area contributed by atoms with Crippen LogP contribution in [0.3, 0.4) is 0 Å². The topological polar surface area (TPSA) is 46.3 Å². The summed E-state index contributed by atoms with van der Waals surface area (Å²) in [5.41, 5.74) is 1.60. The molecule has 1 saturated heterocycles. The highest BCUT2D eigenvalue weighted by atomic mass is 32.1. The zero-order chi connectivity index (χ0) is 14.9. The van der Waals surface area contributed by atoms with Gasteiger partial charge >= 0.3 is 0 Å². The van der Waals surface area contributed by atoms with Crippen LogP contribution in [0.5, 0.6) is 0 Å². The van der Waals surface area contributed by atoms with Crippen molar-refractivity contribution in [2.24, 2.45) is 5.92 Å². The highest BCUT2D eigenvalue weighted by Gasteiger charge is 2.36. The summed E-state index contributed by atoms with van der Waals surface area (Å²) in [4.78, 5) is 20.2. The first kappa shape index (κ1) is 14.0. The molecule has 0 radical (unpaired) electrons. The zero-order valence-electron chi connectivity index (χ0n) is 12.5. The molecule has 2 fully saturated rings. The van der Waals surface area contributed by atoms with E-state index in [1.54, 1.807) is 17.6 Å². The summed E-state index contributed by atoms with van der Waals surface area (Å²) in [5.74, 6) is 0.919. The van der Waals surface area contributed by atoms with Crippen molar-refractivity contribution in [1.29, 1.82) is 0 Å². The molecule has 2 aromatic rings. The smallest absolute Gasteiger partial charge is 0.254 e. The van der Waals surface area contributed by atoms with Gasteiger partial charge in [-0.15, -0.1) is 11.3 Å². The summed E-state index contributed by atoms with van der Waals surface area (Å²) in [6.07, 6.45) is 10.6. The molecule has 4 nitrogen and oxygen atoms in total. The summed E-state index contributed by atoms with van der Waals surface area (Å²) in [6, 6.07) is 2.42. The molecular weight excluding hydrogens is 296 g/mol. The third-order valence-corrected chi connectivity index (χ3v) is 5.99. The number of amides is 1. The lowest BCUT2D eigenvalue weighted by Gasteiger charge is -2.44. The monoisotopic (exact) mass is 316 g/mol. The Kier molecular flexibility index (Phi) is 3.74. The van der Waals surface area contributed by atoms with Gasteiger partial charge < -0.3 is 9.32 Å². The van der Waals surface area contributed by atoms with Crippen molar-refractivity contribution in [1.82, 2.24) is 9.88 Å². The standard InChI is InChI=1S/C17H20N2O2S/c20-17(13-8-16(22-10-13)14-9-21-11-18-14)19-7-3-5-12-4-1-2-6-15(12)19/h8-12,15H,1-7H2. The highest BCUT2D eigenvalue weighted by molar-refractivity contribution is 7.13. The lowest BCUT2D eigenvalue weighted by molar-refractivity contribution is 0.0391. The molecule has 5 heteroatoms. The molecule has 1 saturated carbocycles. The van der Waals surface area contributed by atoms with Crippen molar-refractivity contribution in [2.75, 3.05) is 6.54 Å². The maximum atomic E-state index is 12.9. The summed E-state index contributed by atoms with van der Waals surface area (Å²) in [7, 11) is 0. The van der Waals surface area contributed by atoms with Gasteiger partial charge in [-0.05, 0) is 37.7 Å². The lowest BCUT2D eigenvalue weighted by atomic mass is 9.78. The fraction of sp³-hybridized carbons (Fsp3) is 0.529. The molecule has 1 aliphatic heterocycles. The van der Waals surface area contributed by atoms with Crippen molar-refractivity contribution in [2.45, 2.75) is 44.6 Å².